The van der Waals surface area contributed by atoms with Gasteiger partial charge in [-0.1, -0.05) is 37.3 Å². The van der Waals surface area contributed by atoms with Crippen LogP contribution in [0.2, 0.25) is 0 Å². The lowest BCUT2D eigenvalue weighted by Gasteiger charge is -1.97. The molecular weight excluding hydrogens is 286 g/mol. The molecule has 2 heterocycles. The van der Waals surface area contributed by atoms with Gasteiger partial charge in [0.05, 0.1) is 23.8 Å². The summed E-state index contributed by atoms with van der Waals surface area (Å²) in [6.07, 6.45) is 1.71. The van der Waals surface area contributed by atoms with Crippen molar-refractivity contribution in [3.63, 3.8) is 0 Å². The number of ether oxygens (including phenoxy) is 1. The number of aryl methyl sites for hydroxylation is 1. The van der Waals surface area contributed by atoms with E-state index in [0.717, 1.165) is 11.0 Å². The van der Waals surface area contributed by atoms with Crippen molar-refractivity contribution in [2.75, 3.05) is 7.11 Å². The number of rotatable bonds is 2. The standard InChI is InChI=1S/C13H11N3O2S.C2H6/c1-8-11(12(17)18-2)19-13(15-8)16-7-14-9-5-3-4-6-10(9)16;1-2/h3-7H,1-2H3;1-2H3. The van der Waals surface area contributed by atoms with Crippen LogP contribution in [-0.2, 0) is 4.74 Å². The molecule has 0 atom stereocenters. The second-order valence-electron chi connectivity index (χ2n) is 4.01. The summed E-state index contributed by atoms with van der Waals surface area (Å²) in [5.41, 5.74) is 2.53. The van der Waals surface area contributed by atoms with Crippen LogP contribution in [0.15, 0.2) is 30.6 Å². The van der Waals surface area contributed by atoms with E-state index in [1.165, 1.54) is 18.4 Å². The number of carbonyl (C=O) groups is 1. The maximum Gasteiger partial charge on any atom is 0.350 e. The maximum absolute atomic E-state index is 11.6. The Bertz CT molecular complexity index is 761. The smallest absolute Gasteiger partial charge is 0.350 e. The molecule has 3 rings (SSSR count). The molecule has 5 nitrogen and oxygen atoms in total. The number of hydrogen-bond acceptors (Lipinski definition) is 5. The van der Waals surface area contributed by atoms with Gasteiger partial charge in [-0.05, 0) is 19.1 Å². The lowest BCUT2D eigenvalue weighted by atomic mass is 10.3. The van der Waals surface area contributed by atoms with Crippen molar-refractivity contribution in [3.05, 3.63) is 41.2 Å². The number of benzene rings is 1. The number of fused-ring (bicyclic) bond motifs is 1. The molecule has 0 unspecified atom stereocenters. The Morgan fingerprint density at radius 2 is 2.00 bits per heavy atom. The predicted molar refractivity (Wildman–Crippen MR) is 84.2 cm³/mol. The van der Waals surface area contributed by atoms with Crippen LogP contribution in [0.3, 0.4) is 0 Å². The van der Waals surface area contributed by atoms with Crippen LogP contribution in [-0.4, -0.2) is 27.6 Å². The summed E-state index contributed by atoms with van der Waals surface area (Å²) in [4.78, 5) is 20.9. The molecule has 1 aromatic carbocycles. The van der Waals surface area contributed by atoms with Crippen molar-refractivity contribution in [2.24, 2.45) is 0 Å². The quantitative estimate of drug-likeness (QED) is 0.679. The van der Waals surface area contributed by atoms with E-state index in [2.05, 4.69) is 9.97 Å². The molecular formula is C15H17N3O2S. The topological polar surface area (TPSA) is 57.0 Å². The Kier molecular flexibility index (Phi) is 4.70. The number of methoxy groups -OCH3 is 1. The molecule has 6 heteroatoms. The molecule has 0 bridgehead atoms. The average Bonchev–Trinajstić information content (AvgIpc) is 3.12. The second kappa shape index (κ2) is 6.49. The highest BCUT2D eigenvalue weighted by molar-refractivity contribution is 7.16. The molecule has 0 fully saturated rings. The SMILES string of the molecule is CC.COC(=O)c1sc(-n2cnc3ccccc32)nc1C. The molecule has 0 saturated carbocycles. The fourth-order valence-electron chi connectivity index (χ4n) is 1.88. The van der Waals surface area contributed by atoms with Crippen LogP contribution >= 0.6 is 11.3 Å². The van der Waals surface area contributed by atoms with Gasteiger partial charge in [0.1, 0.15) is 11.2 Å². The Balaban J connectivity index is 0.000000774. The highest BCUT2D eigenvalue weighted by Gasteiger charge is 2.17. The third-order valence-electron chi connectivity index (χ3n) is 2.82. The minimum absolute atomic E-state index is 0.356. The van der Waals surface area contributed by atoms with E-state index < -0.39 is 0 Å². The zero-order valence-electron chi connectivity index (χ0n) is 12.5. The zero-order chi connectivity index (χ0) is 15.4. The number of aromatic nitrogens is 3. The van der Waals surface area contributed by atoms with Gasteiger partial charge in [0.15, 0.2) is 5.13 Å². The molecule has 0 aliphatic rings. The molecule has 0 spiro atoms. The van der Waals surface area contributed by atoms with Gasteiger partial charge in [-0.25, -0.2) is 14.8 Å². The molecule has 0 radical (unpaired) electrons. The van der Waals surface area contributed by atoms with Gasteiger partial charge in [-0.15, -0.1) is 0 Å². The van der Waals surface area contributed by atoms with Gasteiger partial charge in [-0.2, -0.15) is 0 Å². The Hall–Kier alpha value is -2.21. The van der Waals surface area contributed by atoms with Crippen LogP contribution in [0.5, 0.6) is 0 Å². The summed E-state index contributed by atoms with van der Waals surface area (Å²) in [6.45, 7) is 5.80. The third kappa shape index (κ3) is 2.80. The third-order valence-corrected chi connectivity index (χ3v) is 3.95. The molecule has 0 aliphatic heterocycles. The number of para-hydroxylation sites is 2. The van der Waals surface area contributed by atoms with Gasteiger partial charge < -0.3 is 4.74 Å². The number of hydrogen-bond donors (Lipinski definition) is 0. The fraction of sp³-hybridized carbons (Fsp3) is 0.267. The van der Waals surface area contributed by atoms with Crippen molar-refractivity contribution in [2.45, 2.75) is 20.8 Å². The molecule has 3 aromatic rings. The van der Waals surface area contributed by atoms with Crippen LogP contribution in [0.1, 0.15) is 29.2 Å². The summed E-state index contributed by atoms with van der Waals surface area (Å²) in [5, 5.41) is 0.714. The first kappa shape index (κ1) is 15.2. The Morgan fingerprint density at radius 3 is 2.71 bits per heavy atom. The first-order chi connectivity index (χ1) is 10.2. The molecule has 2 aromatic heterocycles. The molecule has 0 N–H and O–H groups in total. The Morgan fingerprint density at radius 1 is 1.29 bits per heavy atom. The summed E-state index contributed by atoms with van der Waals surface area (Å²) in [6, 6.07) is 7.79. The van der Waals surface area contributed by atoms with E-state index >= 15 is 0 Å². The van der Waals surface area contributed by atoms with Crippen LogP contribution in [0.4, 0.5) is 0 Å². The second-order valence-corrected chi connectivity index (χ2v) is 4.98. The number of esters is 1. The Labute approximate surface area is 127 Å². The normalized spacial score (nSPS) is 10.1. The van der Waals surface area contributed by atoms with Crippen LogP contribution in [0.25, 0.3) is 16.2 Å². The van der Waals surface area contributed by atoms with Gasteiger partial charge in [-0.3, -0.25) is 4.57 Å². The van der Waals surface area contributed by atoms with Crippen molar-refractivity contribution in [3.8, 4) is 5.13 Å². The number of carbonyl (C=O) groups excluding carboxylic acids is 1. The van der Waals surface area contributed by atoms with Crippen molar-refractivity contribution >= 4 is 28.3 Å². The highest BCUT2D eigenvalue weighted by Crippen LogP contribution is 2.25. The first-order valence-electron chi connectivity index (χ1n) is 6.69. The first-order valence-corrected chi connectivity index (χ1v) is 7.50. The number of nitrogens with zero attached hydrogens (tertiary/aromatic N) is 3. The van der Waals surface area contributed by atoms with Gasteiger partial charge in [0.25, 0.3) is 0 Å². The summed E-state index contributed by atoms with van der Waals surface area (Å²) in [5.74, 6) is -0.356. The molecule has 0 amide bonds. The van der Waals surface area contributed by atoms with Gasteiger partial charge >= 0.3 is 5.97 Å². The molecule has 0 saturated heterocycles. The van der Waals surface area contributed by atoms with E-state index in [4.69, 9.17) is 4.74 Å². The van der Waals surface area contributed by atoms with E-state index in [0.29, 0.717) is 15.7 Å². The average molecular weight is 303 g/mol. The molecule has 0 aliphatic carbocycles. The lowest BCUT2D eigenvalue weighted by molar-refractivity contribution is 0.0605. The molecule has 21 heavy (non-hydrogen) atoms. The monoisotopic (exact) mass is 303 g/mol. The van der Waals surface area contributed by atoms with Crippen LogP contribution in [0, 0.1) is 6.92 Å². The predicted octanol–water partition coefficient (Wildman–Crippen LogP) is 3.60. The maximum atomic E-state index is 11.6. The number of imidazole rings is 1. The fourth-order valence-corrected chi connectivity index (χ4v) is 2.85. The van der Waals surface area contributed by atoms with Crippen molar-refractivity contribution in [1.29, 1.82) is 0 Å². The van der Waals surface area contributed by atoms with Gasteiger partial charge in [0.2, 0.25) is 0 Å². The summed E-state index contributed by atoms with van der Waals surface area (Å²) >= 11 is 1.30. The van der Waals surface area contributed by atoms with Crippen LogP contribution < -0.4 is 0 Å². The molecule has 110 valence electrons. The minimum atomic E-state index is -0.356. The minimum Gasteiger partial charge on any atom is -0.465 e. The van der Waals surface area contributed by atoms with E-state index in [1.54, 1.807) is 13.3 Å². The zero-order valence-corrected chi connectivity index (χ0v) is 13.3. The summed E-state index contributed by atoms with van der Waals surface area (Å²) < 4.78 is 6.62. The van der Waals surface area contributed by atoms with Crippen molar-refractivity contribution < 1.29 is 9.53 Å². The van der Waals surface area contributed by atoms with Gasteiger partial charge in [0, 0.05) is 0 Å². The number of thiazole rings is 1. The largest absolute Gasteiger partial charge is 0.465 e. The lowest BCUT2D eigenvalue weighted by Crippen LogP contribution is -1.99. The van der Waals surface area contributed by atoms with E-state index in [-0.39, 0.29) is 5.97 Å². The van der Waals surface area contributed by atoms with Crippen molar-refractivity contribution in [1.82, 2.24) is 14.5 Å². The summed E-state index contributed by atoms with van der Waals surface area (Å²) in [7, 11) is 1.37. The highest BCUT2D eigenvalue weighted by atomic mass is 32.1. The van der Waals surface area contributed by atoms with E-state index in [9.17, 15) is 4.79 Å². The van der Waals surface area contributed by atoms with E-state index in [1.807, 2.05) is 42.7 Å².